The van der Waals surface area contributed by atoms with E-state index < -0.39 is 0 Å². The molecule has 0 saturated carbocycles. The van der Waals surface area contributed by atoms with E-state index in [1.165, 1.54) is 11.1 Å². The number of rotatable bonds is 6. The molecule has 1 unspecified atom stereocenters. The highest BCUT2D eigenvalue weighted by atomic mass is 16.5. The van der Waals surface area contributed by atoms with Crippen molar-refractivity contribution >= 4 is 0 Å². The SMILES string of the molecule is COc1ccc(C(C)(C)C)cc1CNCCC(C)N. The number of methoxy groups -OCH3 is 1. The molecule has 0 amide bonds. The van der Waals surface area contributed by atoms with Gasteiger partial charge in [0.15, 0.2) is 0 Å². The molecular formula is C16H28N2O. The van der Waals surface area contributed by atoms with Crippen LogP contribution >= 0.6 is 0 Å². The van der Waals surface area contributed by atoms with E-state index in [1.54, 1.807) is 7.11 Å². The van der Waals surface area contributed by atoms with Crippen LogP contribution in [0.25, 0.3) is 0 Å². The van der Waals surface area contributed by atoms with Gasteiger partial charge in [0, 0.05) is 18.2 Å². The van der Waals surface area contributed by atoms with Crippen molar-refractivity contribution in [2.24, 2.45) is 5.73 Å². The van der Waals surface area contributed by atoms with Crippen molar-refractivity contribution in [3.05, 3.63) is 29.3 Å². The molecule has 3 nitrogen and oxygen atoms in total. The molecule has 1 atom stereocenters. The molecule has 0 aromatic heterocycles. The number of ether oxygens (including phenoxy) is 1. The maximum Gasteiger partial charge on any atom is 0.123 e. The van der Waals surface area contributed by atoms with Crippen LogP contribution in [0.15, 0.2) is 18.2 Å². The third kappa shape index (κ3) is 5.21. The number of benzene rings is 1. The highest BCUT2D eigenvalue weighted by Crippen LogP contribution is 2.27. The van der Waals surface area contributed by atoms with E-state index in [-0.39, 0.29) is 11.5 Å². The molecule has 1 rings (SSSR count). The predicted molar refractivity (Wildman–Crippen MR) is 81.7 cm³/mol. The summed E-state index contributed by atoms with van der Waals surface area (Å²) in [6.45, 7) is 10.5. The zero-order valence-corrected chi connectivity index (χ0v) is 12.9. The molecule has 3 heteroatoms. The smallest absolute Gasteiger partial charge is 0.123 e. The third-order valence-corrected chi connectivity index (χ3v) is 3.24. The summed E-state index contributed by atoms with van der Waals surface area (Å²) in [4.78, 5) is 0. The molecule has 0 aliphatic carbocycles. The first-order valence-corrected chi connectivity index (χ1v) is 6.98. The lowest BCUT2D eigenvalue weighted by atomic mass is 9.86. The van der Waals surface area contributed by atoms with E-state index in [4.69, 9.17) is 10.5 Å². The molecule has 0 spiro atoms. The van der Waals surface area contributed by atoms with Gasteiger partial charge in [0.05, 0.1) is 7.11 Å². The summed E-state index contributed by atoms with van der Waals surface area (Å²) in [6.07, 6.45) is 0.987. The zero-order chi connectivity index (χ0) is 14.5. The van der Waals surface area contributed by atoms with Crippen LogP contribution in [-0.4, -0.2) is 19.7 Å². The van der Waals surface area contributed by atoms with Gasteiger partial charge in [0.1, 0.15) is 5.75 Å². The Bertz CT molecular complexity index is 394. The fourth-order valence-corrected chi connectivity index (χ4v) is 1.94. The second-order valence-electron chi connectivity index (χ2n) is 6.22. The van der Waals surface area contributed by atoms with E-state index in [0.29, 0.717) is 0 Å². The van der Waals surface area contributed by atoms with E-state index in [0.717, 1.165) is 25.3 Å². The lowest BCUT2D eigenvalue weighted by molar-refractivity contribution is 0.406. The Balaban J connectivity index is 2.73. The second-order valence-corrected chi connectivity index (χ2v) is 6.22. The first-order chi connectivity index (χ1) is 8.84. The van der Waals surface area contributed by atoms with Gasteiger partial charge in [-0.1, -0.05) is 32.9 Å². The minimum atomic E-state index is 0.160. The Morgan fingerprint density at radius 1 is 1.32 bits per heavy atom. The van der Waals surface area contributed by atoms with Crippen molar-refractivity contribution in [3.63, 3.8) is 0 Å². The summed E-state index contributed by atoms with van der Waals surface area (Å²) in [6, 6.07) is 6.68. The van der Waals surface area contributed by atoms with Crippen LogP contribution in [0.4, 0.5) is 0 Å². The second kappa shape index (κ2) is 6.92. The van der Waals surface area contributed by atoms with Crippen molar-refractivity contribution in [2.75, 3.05) is 13.7 Å². The first-order valence-electron chi connectivity index (χ1n) is 6.98. The molecule has 3 N–H and O–H groups in total. The van der Waals surface area contributed by atoms with Crippen LogP contribution in [0, 0.1) is 0 Å². The Morgan fingerprint density at radius 3 is 2.53 bits per heavy atom. The van der Waals surface area contributed by atoms with Gasteiger partial charge < -0.3 is 15.8 Å². The van der Waals surface area contributed by atoms with Crippen LogP contribution in [-0.2, 0) is 12.0 Å². The van der Waals surface area contributed by atoms with E-state index in [1.807, 2.05) is 6.92 Å². The van der Waals surface area contributed by atoms with E-state index >= 15 is 0 Å². The maximum atomic E-state index is 5.74. The highest BCUT2D eigenvalue weighted by Gasteiger charge is 2.15. The number of hydrogen-bond donors (Lipinski definition) is 2. The zero-order valence-electron chi connectivity index (χ0n) is 12.9. The maximum absolute atomic E-state index is 5.74. The molecule has 1 aromatic carbocycles. The first kappa shape index (κ1) is 16.0. The van der Waals surface area contributed by atoms with Gasteiger partial charge in [-0.05, 0) is 36.9 Å². The molecule has 0 saturated heterocycles. The third-order valence-electron chi connectivity index (χ3n) is 3.24. The lowest BCUT2D eigenvalue weighted by Gasteiger charge is -2.21. The fraction of sp³-hybridized carbons (Fsp3) is 0.625. The van der Waals surface area contributed by atoms with Crippen LogP contribution in [0.1, 0.15) is 45.2 Å². The van der Waals surface area contributed by atoms with E-state index in [9.17, 15) is 0 Å². The van der Waals surface area contributed by atoms with Crippen LogP contribution in [0.3, 0.4) is 0 Å². The monoisotopic (exact) mass is 264 g/mol. The average molecular weight is 264 g/mol. The van der Waals surface area contributed by atoms with Crippen molar-refractivity contribution in [2.45, 2.75) is 52.1 Å². The molecule has 0 heterocycles. The predicted octanol–water partition coefficient (Wildman–Crippen LogP) is 2.82. The Kier molecular flexibility index (Phi) is 5.83. The summed E-state index contributed by atoms with van der Waals surface area (Å²) in [5.74, 6) is 0.946. The molecule has 0 aliphatic rings. The van der Waals surface area contributed by atoms with Crippen molar-refractivity contribution in [3.8, 4) is 5.75 Å². The molecule has 0 fully saturated rings. The van der Waals surface area contributed by atoms with Crippen molar-refractivity contribution in [1.82, 2.24) is 5.32 Å². The molecule has 1 aromatic rings. The van der Waals surface area contributed by atoms with Gasteiger partial charge in [0.25, 0.3) is 0 Å². The molecule has 19 heavy (non-hydrogen) atoms. The Labute approximate surface area is 117 Å². The lowest BCUT2D eigenvalue weighted by Crippen LogP contribution is -2.24. The van der Waals surface area contributed by atoms with Gasteiger partial charge in [0.2, 0.25) is 0 Å². The Hall–Kier alpha value is -1.06. The summed E-state index contributed by atoms with van der Waals surface area (Å²) in [5, 5.41) is 3.43. The molecular weight excluding hydrogens is 236 g/mol. The van der Waals surface area contributed by atoms with Gasteiger partial charge in [-0.15, -0.1) is 0 Å². The van der Waals surface area contributed by atoms with Gasteiger partial charge >= 0.3 is 0 Å². The van der Waals surface area contributed by atoms with Crippen LogP contribution in [0.2, 0.25) is 0 Å². The van der Waals surface area contributed by atoms with Gasteiger partial charge in [-0.25, -0.2) is 0 Å². The molecule has 0 aliphatic heterocycles. The summed E-state index contributed by atoms with van der Waals surface area (Å²) in [7, 11) is 1.72. The normalized spacial score (nSPS) is 13.4. The quantitative estimate of drug-likeness (QED) is 0.777. The Morgan fingerprint density at radius 2 is 2.00 bits per heavy atom. The fourth-order valence-electron chi connectivity index (χ4n) is 1.94. The number of nitrogens with two attached hydrogens (primary N) is 1. The van der Waals surface area contributed by atoms with Crippen molar-refractivity contribution < 1.29 is 4.74 Å². The topological polar surface area (TPSA) is 47.3 Å². The summed E-state index contributed by atoms with van der Waals surface area (Å²) >= 11 is 0. The molecule has 0 bridgehead atoms. The molecule has 0 radical (unpaired) electrons. The van der Waals surface area contributed by atoms with Crippen molar-refractivity contribution in [1.29, 1.82) is 0 Å². The largest absolute Gasteiger partial charge is 0.496 e. The van der Waals surface area contributed by atoms with Crippen LogP contribution < -0.4 is 15.8 Å². The minimum Gasteiger partial charge on any atom is -0.496 e. The minimum absolute atomic E-state index is 0.160. The standard InChI is InChI=1S/C16H28N2O/c1-12(17)8-9-18-11-13-10-14(16(2,3)4)6-7-15(13)19-5/h6-7,10,12,18H,8-9,11,17H2,1-5H3. The number of hydrogen-bond acceptors (Lipinski definition) is 3. The number of nitrogens with one attached hydrogen (secondary N) is 1. The van der Waals surface area contributed by atoms with Crippen LogP contribution in [0.5, 0.6) is 5.75 Å². The highest BCUT2D eigenvalue weighted by molar-refractivity contribution is 5.39. The van der Waals surface area contributed by atoms with Gasteiger partial charge in [-0.3, -0.25) is 0 Å². The van der Waals surface area contributed by atoms with E-state index in [2.05, 4.69) is 44.3 Å². The average Bonchev–Trinajstić information content (AvgIpc) is 2.33. The van der Waals surface area contributed by atoms with Gasteiger partial charge in [-0.2, -0.15) is 0 Å². The summed E-state index contributed by atoms with van der Waals surface area (Å²) < 4.78 is 5.43. The summed E-state index contributed by atoms with van der Waals surface area (Å²) in [5.41, 5.74) is 8.44. The molecule has 108 valence electrons.